The number of alkyl halides is 1. The second kappa shape index (κ2) is 4.31. The van der Waals surface area contributed by atoms with Gasteiger partial charge >= 0.3 is 0 Å². The standard InChI is InChI=1S/C11H20BrN/c12-9-11(5-1-2-6-11)10-13-7-3-4-8-13/h1-10H2. The molecule has 76 valence electrons. The molecule has 2 aliphatic rings. The van der Waals surface area contributed by atoms with E-state index in [1.165, 1.54) is 63.5 Å². The van der Waals surface area contributed by atoms with Crippen molar-refractivity contribution in [1.82, 2.24) is 4.90 Å². The van der Waals surface area contributed by atoms with E-state index in [9.17, 15) is 0 Å². The van der Waals surface area contributed by atoms with Crippen molar-refractivity contribution in [3.8, 4) is 0 Å². The predicted octanol–water partition coefficient (Wildman–Crippen LogP) is 3.04. The third-order valence-corrected chi connectivity index (χ3v) is 4.89. The number of hydrogen-bond donors (Lipinski definition) is 0. The molecule has 1 heterocycles. The average molecular weight is 246 g/mol. The van der Waals surface area contributed by atoms with Gasteiger partial charge in [0, 0.05) is 11.9 Å². The summed E-state index contributed by atoms with van der Waals surface area (Å²) in [5, 5.41) is 1.22. The van der Waals surface area contributed by atoms with Crippen molar-refractivity contribution in [1.29, 1.82) is 0 Å². The molecule has 2 rings (SSSR count). The molecule has 0 unspecified atom stereocenters. The van der Waals surface area contributed by atoms with E-state index in [-0.39, 0.29) is 0 Å². The largest absolute Gasteiger partial charge is 0.303 e. The van der Waals surface area contributed by atoms with Crippen LogP contribution in [0.15, 0.2) is 0 Å². The Morgan fingerprint density at radius 3 is 2.15 bits per heavy atom. The number of rotatable bonds is 3. The fourth-order valence-corrected chi connectivity index (χ4v) is 3.61. The Morgan fingerprint density at radius 2 is 1.62 bits per heavy atom. The van der Waals surface area contributed by atoms with E-state index in [0.717, 1.165) is 0 Å². The lowest BCUT2D eigenvalue weighted by molar-refractivity contribution is 0.202. The smallest absolute Gasteiger partial charge is 0.0100 e. The van der Waals surface area contributed by atoms with Gasteiger partial charge < -0.3 is 4.90 Å². The van der Waals surface area contributed by atoms with Gasteiger partial charge in [-0.25, -0.2) is 0 Å². The molecule has 0 spiro atoms. The second-order valence-electron chi connectivity index (χ2n) is 4.82. The van der Waals surface area contributed by atoms with Crippen LogP contribution in [-0.4, -0.2) is 29.9 Å². The van der Waals surface area contributed by atoms with Gasteiger partial charge in [0.2, 0.25) is 0 Å². The molecule has 13 heavy (non-hydrogen) atoms. The van der Waals surface area contributed by atoms with Crippen LogP contribution in [0, 0.1) is 5.41 Å². The van der Waals surface area contributed by atoms with Crippen LogP contribution in [0.1, 0.15) is 38.5 Å². The van der Waals surface area contributed by atoms with Crippen molar-refractivity contribution in [2.45, 2.75) is 38.5 Å². The number of nitrogens with zero attached hydrogens (tertiary/aromatic N) is 1. The first-order chi connectivity index (χ1) is 6.35. The van der Waals surface area contributed by atoms with Crippen LogP contribution in [0.2, 0.25) is 0 Å². The van der Waals surface area contributed by atoms with Crippen LogP contribution >= 0.6 is 15.9 Å². The minimum atomic E-state index is 0.643. The van der Waals surface area contributed by atoms with E-state index in [4.69, 9.17) is 0 Å². The molecule has 0 radical (unpaired) electrons. The molecule has 0 amide bonds. The highest BCUT2D eigenvalue weighted by atomic mass is 79.9. The van der Waals surface area contributed by atoms with Crippen molar-refractivity contribution in [2.75, 3.05) is 25.0 Å². The third kappa shape index (κ3) is 2.27. The minimum Gasteiger partial charge on any atom is -0.303 e. The summed E-state index contributed by atoms with van der Waals surface area (Å²) in [7, 11) is 0. The first-order valence-corrected chi connectivity index (χ1v) is 6.75. The maximum atomic E-state index is 3.71. The highest BCUT2D eigenvalue weighted by Crippen LogP contribution is 2.40. The zero-order valence-corrected chi connectivity index (χ0v) is 9.98. The van der Waals surface area contributed by atoms with Crippen LogP contribution in [0.3, 0.4) is 0 Å². The normalized spacial score (nSPS) is 28.4. The molecule has 0 atom stereocenters. The average Bonchev–Trinajstić information content (AvgIpc) is 2.77. The molecule has 1 nitrogen and oxygen atoms in total. The molecule has 1 saturated heterocycles. The van der Waals surface area contributed by atoms with Gasteiger partial charge in [-0.15, -0.1) is 0 Å². The summed E-state index contributed by atoms with van der Waals surface area (Å²) < 4.78 is 0. The Labute approximate surface area is 90.0 Å². The predicted molar refractivity (Wildman–Crippen MR) is 60.4 cm³/mol. The molecule has 0 aromatic carbocycles. The highest BCUT2D eigenvalue weighted by molar-refractivity contribution is 9.09. The van der Waals surface area contributed by atoms with Crippen molar-refractivity contribution in [2.24, 2.45) is 5.41 Å². The summed E-state index contributed by atoms with van der Waals surface area (Å²) in [6.45, 7) is 4.07. The molecular weight excluding hydrogens is 226 g/mol. The molecule has 1 aliphatic carbocycles. The lowest BCUT2D eigenvalue weighted by atomic mass is 9.88. The van der Waals surface area contributed by atoms with Gasteiger partial charge in [-0.3, -0.25) is 0 Å². The lowest BCUT2D eigenvalue weighted by Gasteiger charge is -2.31. The van der Waals surface area contributed by atoms with Gasteiger partial charge in [-0.2, -0.15) is 0 Å². The van der Waals surface area contributed by atoms with Gasteiger partial charge in [-0.05, 0) is 44.2 Å². The van der Waals surface area contributed by atoms with E-state index in [2.05, 4.69) is 20.8 Å². The summed E-state index contributed by atoms with van der Waals surface area (Å²) >= 11 is 3.71. The Hall–Kier alpha value is 0.440. The van der Waals surface area contributed by atoms with Crippen LogP contribution in [0.25, 0.3) is 0 Å². The number of hydrogen-bond acceptors (Lipinski definition) is 1. The third-order valence-electron chi connectivity index (χ3n) is 3.71. The fraction of sp³-hybridized carbons (Fsp3) is 1.00. The molecule has 1 saturated carbocycles. The molecule has 0 N–H and O–H groups in total. The maximum absolute atomic E-state index is 3.71. The topological polar surface area (TPSA) is 3.24 Å². The van der Waals surface area contributed by atoms with E-state index in [1.54, 1.807) is 0 Å². The first kappa shape index (κ1) is 9.97. The zero-order chi connectivity index (χ0) is 9.15. The van der Waals surface area contributed by atoms with E-state index in [1.807, 2.05) is 0 Å². The summed E-state index contributed by atoms with van der Waals surface area (Å²) in [6, 6.07) is 0. The summed E-state index contributed by atoms with van der Waals surface area (Å²) in [5.41, 5.74) is 0.643. The van der Waals surface area contributed by atoms with E-state index < -0.39 is 0 Å². The van der Waals surface area contributed by atoms with E-state index in [0.29, 0.717) is 5.41 Å². The second-order valence-corrected chi connectivity index (χ2v) is 5.38. The minimum absolute atomic E-state index is 0.643. The van der Waals surface area contributed by atoms with Gasteiger partial charge in [-0.1, -0.05) is 28.8 Å². The fourth-order valence-electron chi connectivity index (χ4n) is 2.87. The van der Waals surface area contributed by atoms with Crippen LogP contribution < -0.4 is 0 Å². The summed E-state index contributed by atoms with van der Waals surface area (Å²) in [4.78, 5) is 2.67. The van der Waals surface area contributed by atoms with Crippen LogP contribution in [0.5, 0.6) is 0 Å². The van der Waals surface area contributed by atoms with Crippen molar-refractivity contribution in [3.63, 3.8) is 0 Å². The monoisotopic (exact) mass is 245 g/mol. The van der Waals surface area contributed by atoms with Crippen LogP contribution in [0.4, 0.5) is 0 Å². The molecular formula is C11H20BrN. The maximum Gasteiger partial charge on any atom is 0.0100 e. The molecule has 1 aliphatic heterocycles. The van der Waals surface area contributed by atoms with Gasteiger partial charge in [0.25, 0.3) is 0 Å². The first-order valence-electron chi connectivity index (χ1n) is 5.63. The van der Waals surface area contributed by atoms with Gasteiger partial charge in [0.05, 0.1) is 0 Å². The quantitative estimate of drug-likeness (QED) is 0.692. The van der Waals surface area contributed by atoms with Crippen molar-refractivity contribution in [3.05, 3.63) is 0 Å². The van der Waals surface area contributed by atoms with Gasteiger partial charge in [0.1, 0.15) is 0 Å². The van der Waals surface area contributed by atoms with Crippen molar-refractivity contribution >= 4 is 15.9 Å². The molecule has 2 heteroatoms. The molecule has 0 aromatic heterocycles. The van der Waals surface area contributed by atoms with Crippen LogP contribution in [-0.2, 0) is 0 Å². The molecule has 0 bridgehead atoms. The highest BCUT2D eigenvalue weighted by Gasteiger charge is 2.34. The molecule has 2 fully saturated rings. The zero-order valence-electron chi connectivity index (χ0n) is 8.40. The Bertz CT molecular complexity index is 157. The summed E-state index contributed by atoms with van der Waals surface area (Å²) in [6.07, 6.45) is 8.68. The number of halogens is 1. The SMILES string of the molecule is BrCC1(CN2CCCC2)CCCC1. The van der Waals surface area contributed by atoms with Crippen molar-refractivity contribution < 1.29 is 0 Å². The Balaban J connectivity index is 1.88. The molecule has 0 aromatic rings. The number of likely N-dealkylation sites (tertiary alicyclic amines) is 1. The Kier molecular flexibility index (Phi) is 3.31. The lowest BCUT2D eigenvalue weighted by Crippen LogP contribution is -2.35. The van der Waals surface area contributed by atoms with E-state index >= 15 is 0 Å². The Morgan fingerprint density at radius 1 is 1.00 bits per heavy atom. The summed E-state index contributed by atoms with van der Waals surface area (Å²) in [5.74, 6) is 0. The van der Waals surface area contributed by atoms with Gasteiger partial charge in [0.15, 0.2) is 0 Å².